The zero-order valence-corrected chi connectivity index (χ0v) is 18.2. The summed E-state index contributed by atoms with van der Waals surface area (Å²) in [7, 11) is 1.33. The minimum absolute atomic E-state index is 0.0371. The lowest BCUT2D eigenvalue weighted by Gasteiger charge is -2.37. The minimum Gasteiger partial charge on any atom is -0.466 e. The van der Waals surface area contributed by atoms with E-state index in [-0.39, 0.29) is 5.02 Å². The number of carbonyl (C=O) groups is 1. The Morgan fingerprint density at radius 3 is 2.55 bits per heavy atom. The van der Waals surface area contributed by atoms with Gasteiger partial charge in [0, 0.05) is 29.5 Å². The van der Waals surface area contributed by atoms with Crippen molar-refractivity contribution in [2.24, 2.45) is 0 Å². The number of benzene rings is 2. The summed E-state index contributed by atoms with van der Waals surface area (Å²) >= 11 is 11.5. The molecule has 0 amide bonds. The molecule has 0 radical (unpaired) electrons. The van der Waals surface area contributed by atoms with Crippen LogP contribution in [0.25, 0.3) is 5.69 Å². The Labute approximate surface area is 188 Å². The van der Waals surface area contributed by atoms with Crippen molar-refractivity contribution in [1.82, 2.24) is 14.9 Å². The van der Waals surface area contributed by atoms with E-state index in [9.17, 15) is 9.18 Å². The molecule has 1 aliphatic rings. The number of imidazole rings is 1. The summed E-state index contributed by atoms with van der Waals surface area (Å²) in [5.41, 5.74) is 3.27. The first-order valence-corrected chi connectivity index (χ1v) is 10.1. The van der Waals surface area contributed by atoms with Crippen LogP contribution in [0.1, 0.15) is 18.5 Å². The third kappa shape index (κ3) is 3.92. The smallest absolute Gasteiger partial charge is 0.337 e. The zero-order valence-electron chi connectivity index (χ0n) is 16.7. The van der Waals surface area contributed by atoms with Crippen molar-refractivity contribution in [3.8, 4) is 5.69 Å². The fourth-order valence-corrected chi connectivity index (χ4v) is 4.09. The van der Waals surface area contributed by atoms with E-state index in [0.29, 0.717) is 22.1 Å². The number of esters is 1. The number of rotatable bonds is 4. The molecule has 31 heavy (non-hydrogen) atoms. The maximum atomic E-state index is 13.6. The molecule has 9 heteroatoms. The fraction of sp³-hybridized carbons (Fsp3) is 0.136. The van der Waals surface area contributed by atoms with E-state index < -0.39 is 17.8 Å². The monoisotopic (exact) mass is 456 g/mol. The number of methoxy groups -OCH3 is 1. The number of hydrogen-bond acceptors (Lipinski definition) is 4. The number of thiocarbonyl (C=S) groups is 1. The predicted molar refractivity (Wildman–Crippen MR) is 121 cm³/mol. The van der Waals surface area contributed by atoms with Gasteiger partial charge in [-0.2, -0.15) is 0 Å². The van der Waals surface area contributed by atoms with Gasteiger partial charge in [0.1, 0.15) is 5.82 Å². The van der Waals surface area contributed by atoms with E-state index in [0.717, 1.165) is 11.3 Å². The zero-order chi connectivity index (χ0) is 22.1. The highest BCUT2D eigenvalue weighted by molar-refractivity contribution is 7.80. The summed E-state index contributed by atoms with van der Waals surface area (Å²) in [5, 5.41) is 3.53. The van der Waals surface area contributed by atoms with Gasteiger partial charge in [-0.15, -0.1) is 0 Å². The first-order valence-electron chi connectivity index (χ1n) is 9.33. The second-order valence-electron chi connectivity index (χ2n) is 6.87. The Morgan fingerprint density at radius 1 is 1.23 bits per heavy atom. The van der Waals surface area contributed by atoms with Gasteiger partial charge in [0.15, 0.2) is 5.11 Å². The van der Waals surface area contributed by atoms with Crippen molar-refractivity contribution in [1.29, 1.82) is 0 Å². The Kier molecular flexibility index (Phi) is 5.75. The van der Waals surface area contributed by atoms with Crippen LogP contribution in [0.15, 0.2) is 72.5 Å². The van der Waals surface area contributed by atoms with Gasteiger partial charge < -0.3 is 14.6 Å². The first-order chi connectivity index (χ1) is 14.9. The summed E-state index contributed by atoms with van der Waals surface area (Å²) in [6, 6.07) is 11.4. The predicted octanol–water partition coefficient (Wildman–Crippen LogP) is 4.55. The number of nitrogens with one attached hydrogen (secondary N) is 1. The molecule has 4 rings (SSSR count). The van der Waals surface area contributed by atoms with E-state index in [1.54, 1.807) is 30.4 Å². The van der Waals surface area contributed by atoms with Gasteiger partial charge in [-0.25, -0.2) is 14.2 Å². The lowest BCUT2D eigenvalue weighted by atomic mass is 9.94. The fourth-order valence-electron chi connectivity index (χ4n) is 3.55. The van der Waals surface area contributed by atoms with Gasteiger partial charge >= 0.3 is 5.97 Å². The van der Waals surface area contributed by atoms with Gasteiger partial charge in [0.05, 0.1) is 30.1 Å². The van der Waals surface area contributed by atoms with Crippen molar-refractivity contribution in [3.05, 3.63) is 88.9 Å². The molecule has 0 spiro atoms. The van der Waals surface area contributed by atoms with Crippen LogP contribution in [0.4, 0.5) is 10.1 Å². The molecule has 1 N–H and O–H groups in total. The molecule has 2 heterocycles. The van der Waals surface area contributed by atoms with Crippen LogP contribution < -0.4 is 10.2 Å². The molecule has 0 saturated carbocycles. The molecule has 0 bridgehead atoms. The number of nitrogens with zero attached hydrogens (tertiary/aromatic N) is 3. The summed E-state index contributed by atoms with van der Waals surface area (Å²) < 4.78 is 20.6. The van der Waals surface area contributed by atoms with E-state index in [4.69, 9.17) is 28.6 Å². The van der Waals surface area contributed by atoms with E-state index in [1.807, 2.05) is 35.0 Å². The largest absolute Gasteiger partial charge is 0.466 e. The summed E-state index contributed by atoms with van der Waals surface area (Å²) in [6.45, 7) is 1.77. The number of anilines is 1. The molecule has 3 aromatic rings. The molecule has 1 unspecified atom stereocenters. The van der Waals surface area contributed by atoms with Crippen LogP contribution in [0, 0.1) is 5.82 Å². The highest BCUT2D eigenvalue weighted by Crippen LogP contribution is 2.35. The summed E-state index contributed by atoms with van der Waals surface area (Å²) in [4.78, 5) is 18.4. The number of allylic oxidation sites excluding steroid dienone is 1. The molecule has 1 aliphatic heterocycles. The Bertz CT molecular complexity index is 1180. The minimum atomic E-state index is -0.535. The van der Waals surface area contributed by atoms with Crippen LogP contribution in [0.3, 0.4) is 0 Å². The molecule has 6 nitrogen and oxygen atoms in total. The SMILES string of the molecule is COC(=O)C1=C(C)N(c2ccc(F)c(Cl)c2)C(=S)NC1c1ccc(-n2ccnc2)cc1. The Hall–Kier alpha value is -3.23. The second-order valence-corrected chi connectivity index (χ2v) is 7.66. The van der Waals surface area contributed by atoms with Gasteiger partial charge in [-0.05, 0) is 55.0 Å². The van der Waals surface area contributed by atoms with E-state index in [1.165, 1.54) is 19.2 Å². The van der Waals surface area contributed by atoms with Gasteiger partial charge in [0.25, 0.3) is 0 Å². The number of halogens is 2. The van der Waals surface area contributed by atoms with Crippen LogP contribution in [-0.2, 0) is 9.53 Å². The van der Waals surface area contributed by atoms with Crippen LogP contribution in [0.5, 0.6) is 0 Å². The lowest BCUT2D eigenvalue weighted by Crippen LogP contribution is -2.48. The van der Waals surface area contributed by atoms with Gasteiger partial charge in [0.2, 0.25) is 0 Å². The Morgan fingerprint density at radius 2 is 1.94 bits per heavy atom. The van der Waals surface area contributed by atoms with Crippen molar-refractivity contribution >= 4 is 40.6 Å². The number of carbonyl (C=O) groups excluding carboxylic acids is 1. The third-order valence-electron chi connectivity index (χ3n) is 5.08. The summed E-state index contributed by atoms with van der Waals surface area (Å²) in [5.74, 6) is -1.03. The van der Waals surface area contributed by atoms with E-state index in [2.05, 4.69) is 10.3 Å². The third-order valence-corrected chi connectivity index (χ3v) is 5.67. The maximum Gasteiger partial charge on any atom is 0.337 e. The maximum absolute atomic E-state index is 13.6. The van der Waals surface area contributed by atoms with E-state index >= 15 is 0 Å². The lowest BCUT2D eigenvalue weighted by molar-refractivity contribution is -0.136. The normalized spacial score (nSPS) is 16.3. The van der Waals surface area contributed by atoms with Crippen molar-refractivity contribution < 1.29 is 13.9 Å². The molecule has 0 saturated heterocycles. The van der Waals surface area contributed by atoms with Crippen LogP contribution >= 0.6 is 23.8 Å². The van der Waals surface area contributed by atoms with Crippen molar-refractivity contribution in [3.63, 3.8) is 0 Å². The highest BCUT2D eigenvalue weighted by atomic mass is 35.5. The average molecular weight is 457 g/mol. The van der Waals surface area contributed by atoms with Gasteiger partial charge in [-0.3, -0.25) is 4.90 Å². The van der Waals surface area contributed by atoms with Crippen LogP contribution in [0.2, 0.25) is 5.02 Å². The van der Waals surface area contributed by atoms with Gasteiger partial charge in [-0.1, -0.05) is 23.7 Å². The quantitative estimate of drug-likeness (QED) is 0.459. The first kappa shape index (κ1) is 21.0. The van der Waals surface area contributed by atoms with Crippen molar-refractivity contribution in [2.75, 3.05) is 12.0 Å². The molecular weight excluding hydrogens is 439 g/mol. The number of hydrogen-bond donors (Lipinski definition) is 1. The molecule has 158 valence electrons. The topological polar surface area (TPSA) is 59.4 Å². The molecule has 1 aromatic heterocycles. The molecule has 0 aliphatic carbocycles. The van der Waals surface area contributed by atoms with Crippen molar-refractivity contribution in [2.45, 2.75) is 13.0 Å². The highest BCUT2D eigenvalue weighted by Gasteiger charge is 2.35. The van der Waals surface area contributed by atoms with Crippen LogP contribution in [-0.4, -0.2) is 27.7 Å². The second kappa shape index (κ2) is 8.49. The number of aromatic nitrogens is 2. The number of ether oxygens (including phenoxy) is 1. The summed E-state index contributed by atoms with van der Waals surface area (Å²) in [6.07, 6.45) is 5.25. The Balaban J connectivity index is 1.77. The molecule has 2 aromatic carbocycles. The molecule has 0 fully saturated rings. The average Bonchev–Trinajstić information content (AvgIpc) is 3.30. The molecule has 1 atom stereocenters. The molecular formula is C22H18ClFN4O2S. The standard InChI is InChI=1S/C22H18ClFN4O2S/c1-13-19(21(29)30-2)20(14-3-5-15(6-4-14)27-10-9-25-12-27)26-22(31)28(13)16-7-8-18(24)17(23)11-16/h3-12,20H,1-2H3,(H,26,31).